The highest BCUT2D eigenvalue weighted by molar-refractivity contribution is 6.14. The Morgan fingerprint density at radius 2 is 0.725 bits per heavy atom. The van der Waals surface area contributed by atoms with Crippen molar-refractivity contribution in [3.8, 4) is 34.0 Å². The quantitative estimate of drug-likeness (QED) is 0.173. The second-order valence-electron chi connectivity index (χ2n) is 36.1. The number of nitrogens with zero attached hydrogens (tertiary/aromatic N) is 4. The zero-order valence-corrected chi connectivity index (χ0v) is 60.1. The number of nitriles is 1. The molecule has 5 aromatic carbocycles. The van der Waals surface area contributed by atoms with Crippen molar-refractivity contribution >= 4 is 33.2 Å². The highest BCUT2D eigenvalue weighted by Crippen LogP contribution is 2.61. The van der Waals surface area contributed by atoms with Gasteiger partial charge in [-0.2, -0.15) is 5.26 Å². The Hall–Kier alpha value is -7.09. The predicted molar refractivity (Wildman–Crippen MR) is 392 cm³/mol. The van der Waals surface area contributed by atoms with Crippen molar-refractivity contribution in [2.75, 3.05) is 9.80 Å². The minimum absolute atomic E-state index is 0.00505. The Labute approximate surface area is 549 Å². The van der Waals surface area contributed by atoms with Crippen LogP contribution in [0.2, 0.25) is 0 Å². The van der Waals surface area contributed by atoms with Gasteiger partial charge in [-0.15, -0.1) is 0 Å². The topological polar surface area (TPSA) is 35.2 Å². The van der Waals surface area contributed by atoms with E-state index in [4.69, 9.17) is 0 Å². The van der Waals surface area contributed by atoms with Crippen molar-refractivity contribution in [3.05, 3.63) is 206 Å². The minimum Gasteiger partial charge on any atom is -0.335 e. The molecule has 6 aromatic rings. The van der Waals surface area contributed by atoms with Gasteiger partial charge in [-0.1, -0.05) is 287 Å². The van der Waals surface area contributed by atoms with Crippen molar-refractivity contribution in [2.24, 2.45) is 33.5 Å². The molecule has 4 heteroatoms. The van der Waals surface area contributed by atoms with Crippen molar-refractivity contribution < 1.29 is 0 Å². The number of aromatic nitrogens is 1. The van der Waals surface area contributed by atoms with E-state index in [1.807, 2.05) is 0 Å². The summed E-state index contributed by atoms with van der Waals surface area (Å²) in [7, 11) is 0. The van der Waals surface area contributed by atoms with Gasteiger partial charge in [0.15, 0.2) is 0 Å². The molecule has 6 aliphatic rings. The predicted octanol–water partition coefficient (Wildman–Crippen LogP) is 23.9. The van der Waals surface area contributed by atoms with E-state index in [9.17, 15) is 5.26 Å². The van der Waals surface area contributed by atoms with Crippen LogP contribution in [-0.2, 0) is 21.7 Å². The number of rotatable bonds is 5. The van der Waals surface area contributed by atoms with Gasteiger partial charge in [-0.3, -0.25) is 0 Å². The number of anilines is 2. The third kappa shape index (κ3) is 11.1. The van der Waals surface area contributed by atoms with E-state index < -0.39 is 0 Å². The minimum atomic E-state index is -0.0966. The summed E-state index contributed by atoms with van der Waals surface area (Å²) < 4.78 is 2.68. The first-order valence-electron chi connectivity index (χ1n) is 34.4. The van der Waals surface area contributed by atoms with Crippen LogP contribution in [-0.4, -0.2) is 16.7 Å². The van der Waals surface area contributed by atoms with Crippen LogP contribution in [0, 0.1) is 44.8 Å². The number of benzene rings is 5. The summed E-state index contributed by atoms with van der Waals surface area (Å²) in [5.74, 6) is 0.135. The Kier molecular flexibility index (Phi) is 15.1. The molecule has 4 atom stereocenters. The maximum absolute atomic E-state index is 13.3. The fraction of sp³-hybridized carbons (Fsp3) is 0.460. The van der Waals surface area contributed by atoms with Crippen LogP contribution in [0.25, 0.3) is 49.7 Å². The SMILES string of the molecule is CC(C)(C)C1=CC2C3=C(CCC(C(C)(C)C)=C3)N(c3c(C#N)c(N4C5=C(C=C(C(C)(C)C)CC5)C5C=C(C(C)(C)C)C=CC54)c(-c4ccc(C(C)(C)C)cc4)c(-n4c5ccc(C(C)(C)C)cc5c5cc(C(C)(C)C)ccc54)c3-c3ccc(C(C)(C)C)cc3)C2C=C1. The molecule has 0 radical (unpaired) electrons. The molecule has 1 aromatic heterocycles. The fourth-order valence-corrected chi connectivity index (χ4v) is 15.6. The highest BCUT2D eigenvalue weighted by Gasteiger charge is 2.49. The lowest BCUT2D eigenvalue weighted by Crippen LogP contribution is -2.37. The molecule has 2 aliphatic heterocycles. The van der Waals surface area contributed by atoms with E-state index in [1.165, 1.54) is 77.9 Å². The van der Waals surface area contributed by atoms with E-state index in [2.05, 4.69) is 320 Å². The Balaban J connectivity index is 1.36. The van der Waals surface area contributed by atoms with E-state index in [0.717, 1.165) is 81.6 Å². The van der Waals surface area contributed by atoms with Crippen molar-refractivity contribution in [1.82, 2.24) is 4.57 Å². The lowest BCUT2D eigenvalue weighted by atomic mass is 9.75. The van der Waals surface area contributed by atoms with Gasteiger partial charge in [0.05, 0.1) is 40.2 Å². The summed E-state index contributed by atoms with van der Waals surface area (Å²) in [6.07, 6.45) is 24.0. The first kappa shape index (κ1) is 64.0. The molecule has 0 amide bonds. The monoisotopic (exact) mass is 1210 g/mol. The first-order chi connectivity index (χ1) is 42.2. The summed E-state index contributed by atoms with van der Waals surface area (Å²) in [6.45, 7) is 56.5. The van der Waals surface area contributed by atoms with Gasteiger partial charge in [0, 0.05) is 45.1 Å². The second kappa shape index (κ2) is 21.5. The Morgan fingerprint density at radius 3 is 1.03 bits per heavy atom. The number of fused-ring (bicyclic) bond motifs is 7. The van der Waals surface area contributed by atoms with Gasteiger partial charge in [0.1, 0.15) is 11.6 Å². The van der Waals surface area contributed by atoms with Gasteiger partial charge >= 0.3 is 0 Å². The molecule has 4 unspecified atom stereocenters. The molecule has 91 heavy (non-hydrogen) atoms. The van der Waals surface area contributed by atoms with Crippen LogP contribution in [0.3, 0.4) is 0 Å². The maximum Gasteiger partial charge on any atom is 0.104 e. The largest absolute Gasteiger partial charge is 0.335 e. The average Bonchev–Trinajstić information content (AvgIpc) is 1.62. The summed E-state index contributed by atoms with van der Waals surface area (Å²) in [4.78, 5) is 5.48. The molecule has 0 bridgehead atoms. The van der Waals surface area contributed by atoms with Crippen molar-refractivity contribution in [1.29, 1.82) is 5.26 Å². The summed E-state index contributed by atoms with van der Waals surface area (Å²) >= 11 is 0. The van der Waals surface area contributed by atoms with E-state index in [1.54, 1.807) is 0 Å². The first-order valence-corrected chi connectivity index (χ1v) is 34.4. The molecule has 4 nitrogen and oxygen atoms in total. The number of allylic oxidation sites excluding steroid dienone is 10. The van der Waals surface area contributed by atoms with Crippen molar-refractivity contribution in [3.63, 3.8) is 0 Å². The standard InChI is InChI=1S/C87H106N4/c1-80(2,3)54-29-25-52(26-30-54)75-77(89-69-39-33-56(82(7,8)9)45-62(69)63-46-57(83(10,11)12)34-40-70(63)89)68(51-88)78(90-71-41-35-58(84(13,14)15)47-64(71)65-48-59(85(16,17)18)36-42-72(65)90)76(53-27-31-55(32-28-53)81(4,5)6)79(75)91-73-43-37-60(86(19,20)21)49-66(73)67-50-61(87(22,23)24)38-44-74(67)91/h25-33,35,37-39,41,43-50,62,64,69,71H,34,36,40,42H2,1-24H3. The number of hydrogen-bond donors (Lipinski definition) is 0. The average molecular weight is 1210 g/mol. The van der Waals surface area contributed by atoms with Gasteiger partial charge < -0.3 is 14.4 Å². The molecule has 0 saturated heterocycles. The van der Waals surface area contributed by atoms with Crippen LogP contribution < -0.4 is 9.80 Å². The molecular weight excluding hydrogens is 1100 g/mol. The van der Waals surface area contributed by atoms with Crippen molar-refractivity contribution in [2.45, 2.75) is 226 Å². The third-order valence-electron chi connectivity index (χ3n) is 21.4. The zero-order valence-electron chi connectivity index (χ0n) is 60.1. The smallest absolute Gasteiger partial charge is 0.104 e. The highest BCUT2D eigenvalue weighted by atomic mass is 15.2. The molecule has 474 valence electrons. The van der Waals surface area contributed by atoms with Crippen LogP contribution in [0.15, 0.2) is 178 Å². The van der Waals surface area contributed by atoms with Crippen LogP contribution in [0.1, 0.15) is 220 Å². The Morgan fingerprint density at radius 1 is 0.385 bits per heavy atom. The molecule has 0 fully saturated rings. The summed E-state index contributed by atoms with van der Waals surface area (Å²) in [5, 5.41) is 15.8. The Bertz CT molecular complexity index is 4020. The van der Waals surface area contributed by atoms with Crippen LogP contribution in [0.4, 0.5) is 11.4 Å². The molecule has 4 aliphatic carbocycles. The molecule has 12 rings (SSSR count). The lowest BCUT2D eigenvalue weighted by Gasteiger charge is -2.41. The van der Waals surface area contributed by atoms with Gasteiger partial charge in [0.25, 0.3) is 0 Å². The van der Waals surface area contributed by atoms with Gasteiger partial charge in [0.2, 0.25) is 0 Å². The lowest BCUT2D eigenvalue weighted by molar-refractivity contribution is 0.477. The van der Waals surface area contributed by atoms with E-state index >= 15 is 0 Å². The van der Waals surface area contributed by atoms with E-state index in [-0.39, 0.29) is 67.2 Å². The van der Waals surface area contributed by atoms with Gasteiger partial charge in [-0.05, 0) is 149 Å². The molecular formula is C87H106N4. The molecule has 0 spiro atoms. The summed E-state index contributed by atoms with van der Waals surface area (Å²) in [6, 6.07) is 36.9. The van der Waals surface area contributed by atoms with Crippen LogP contribution >= 0.6 is 0 Å². The molecule has 0 saturated carbocycles. The maximum atomic E-state index is 13.3. The van der Waals surface area contributed by atoms with Crippen LogP contribution in [0.5, 0.6) is 0 Å². The number of hydrogen-bond acceptors (Lipinski definition) is 3. The zero-order chi connectivity index (χ0) is 66.0. The molecule has 3 heterocycles. The molecule has 0 N–H and O–H groups in total. The summed E-state index contributed by atoms with van der Waals surface area (Å²) in [5.41, 5.74) is 26.3. The third-order valence-corrected chi connectivity index (χ3v) is 21.4. The second-order valence-corrected chi connectivity index (χ2v) is 36.1. The fourth-order valence-electron chi connectivity index (χ4n) is 15.6. The normalized spacial score (nSPS) is 20.8. The van der Waals surface area contributed by atoms with E-state index in [0.29, 0.717) is 0 Å². The van der Waals surface area contributed by atoms with Gasteiger partial charge in [-0.25, -0.2) is 0 Å².